The lowest BCUT2D eigenvalue weighted by Crippen LogP contribution is -2.42. The van der Waals surface area contributed by atoms with Crippen LogP contribution < -0.4 is 0 Å². The molecular weight excluding hydrogens is 278 g/mol. The Morgan fingerprint density at radius 2 is 1.82 bits per heavy atom. The Hall–Kier alpha value is -1.39. The lowest BCUT2D eigenvalue weighted by atomic mass is 9.80. The molecule has 2 N–H and O–H groups in total. The number of carbonyl (C=O) groups is 1. The number of hydrogen-bond donors (Lipinski definition) is 2. The molecule has 0 spiro atoms. The van der Waals surface area contributed by atoms with Crippen molar-refractivity contribution < 1.29 is 15.0 Å². The maximum atomic E-state index is 10.9. The van der Waals surface area contributed by atoms with Crippen LogP contribution in [0.15, 0.2) is 24.3 Å². The lowest BCUT2D eigenvalue weighted by Gasteiger charge is -2.37. The molecule has 3 rings (SSSR count). The number of carboxylic acids is 1. The SMILES string of the molecule is O=C(O)c1ccc(CN2CCCC2C2CCCCC2O)cc1. The molecule has 1 aromatic rings. The zero-order chi connectivity index (χ0) is 15.5. The van der Waals surface area contributed by atoms with E-state index in [0.717, 1.165) is 37.9 Å². The van der Waals surface area contributed by atoms with Gasteiger partial charge >= 0.3 is 5.97 Å². The zero-order valence-corrected chi connectivity index (χ0v) is 12.9. The molecule has 0 aromatic heterocycles. The highest BCUT2D eigenvalue weighted by Gasteiger charge is 2.36. The van der Waals surface area contributed by atoms with E-state index in [-0.39, 0.29) is 6.10 Å². The number of nitrogens with zero attached hydrogens (tertiary/aromatic N) is 1. The van der Waals surface area contributed by atoms with Crippen LogP contribution in [0.5, 0.6) is 0 Å². The smallest absolute Gasteiger partial charge is 0.335 e. The van der Waals surface area contributed by atoms with Gasteiger partial charge in [-0.25, -0.2) is 4.79 Å². The highest BCUT2D eigenvalue weighted by molar-refractivity contribution is 5.87. The Bertz CT molecular complexity index is 514. The van der Waals surface area contributed by atoms with Gasteiger partial charge in [-0.05, 0) is 49.9 Å². The summed E-state index contributed by atoms with van der Waals surface area (Å²) in [6.45, 7) is 1.93. The van der Waals surface area contributed by atoms with Crippen LogP contribution in [0.4, 0.5) is 0 Å². The number of hydrogen-bond acceptors (Lipinski definition) is 3. The molecule has 3 atom stereocenters. The van der Waals surface area contributed by atoms with Crippen molar-refractivity contribution >= 4 is 5.97 Å². The lowest BCUT2D eigenvalue weighted by molar-refractivity contribution is 0.0201. The molecule has 1 saturated carbocycles. The summed E-state index contributed by atoms with van der Waals surface area (Å²) in [5, 5.41) is 19.3. The summed E-state index contributed by atoms with van der Waals surface area (Å²) in [6.07, 6.45) is 6.70. The van der Waals surface area contributed by atoms with Gasteiger partial charge in [-0.3, -0.25) is 4.90 Å². The second-order valence-corrected chi connectivity index (χ2v) is 6.70. The quantitative estimate of drug-likeness (QED) is 0.898. The molecule has 1 heterocycles. The molecule has 0 bridgehead atoms. The van der Waals surface area contributed by atoms with E-state index >= 15 is 0 Å². The van der Waals surface area contributed by atoms with Crippen LogP contribution in [0.1, 0.15) is 54.4 Å². The minimum atomic E-state index is -0.879. The normalized spacial score (nSPS) is 29.6. The maximum Gasteiger partial charge on any atom is 0.335 e. The Labute approximate surface area is 131 Å². The first-order chi connectivity index (χ1) is 10.6. The van der Waals surface area contributed by atoms with Crippen LogP contribution in [0.3, 0.4) is 0 Å². The largest absolute Gasteiger partial charge is 0.478 e. The maximum absolute atomic E-state index is 10.9. The fraction of sp³-hybridized carbons (Fsp3) is 0.611. The van der Waals surface area contributed by atoms with Crippen molar-refractivity contribution in [3.63, 3.8) is 0 Å². The van der Waals surface area contributed by atoms with Gasteiger partial charge < -0.3 is 10.2 Å². The van der Waals surface area contributed by atoms with Crippen molar-refractivity contribution in [3.8, 4) is 0 Å². The highest BCUT2D eigenvalue weighted by atomic mass is 16.4. The third-order valence-electron chi connectivity index (χ3n) is 5.28. The van der Waals surface area contributed by atoms with Gasteiger partial charge in [0.1, 0.15) is 0 Å². The summed E-state index contributed by atoms with van der Waals surface area (Å²) in [4.78, 5) is 13.4. The molecule has 0 amide bonds. The molecule has 4 nitrogen and oxygen atoms in total. The van der Waals surface area contributed by atoms with E-state index in [2.05, 4.69) is 4.90 Å². The number of benzene rings is 1. The molecule has 120 valence electrons. The van der Waals surface area contributed by atoms with Crippen LogP contribution >= 0.6 is 0 Å². The number of carboxylic acid groups (broad SMARTS) is 1. The van der Waals surface area contributed by atoms with E-state index in [1.165, 1.54) is 19.3 Å². The molecule has 2 aliphatic rings. The number of aromatic carboxylic acids is 1. The minimum Gasteiger partial charge on any atom is -0.478 e. The van der Waals surface area contributed by atoms with E-state index in [1.54, 1.807) is 12.1 Å². The monoisotopic (exact) mass is 303 g/mol. The fourth-order valence-corrected chi connectivity index (χ4v) is 4.11. The number of aliphatic hydroxyl groups is 1. The topological polar surface area (TPSA) is 60.8 Å². The Kier molecular flexibility index (Phi) is 4.79. The molecule has 1 aliphatic heterocycles. The van der Waals surface area contributed by atoms with Crippen LogP contribution in [0.2, 0.25) is 0 Å². The van der Waals surface area contributed by atoms with Crippen molar-refractivity contribution in [2.45, 2.75) is 57.2 Å². The first kappa shape index (κ1) is 15.5. The Balaban J connectivity index is 1.66. The Morgan fingerprint density at radius 3 is 2.50 bits per heavy atom. The first-order valence-corrected chi connectivity index (χ1v) is 8.39. The molecule has 0 radical (unpaired) electrons. The van der Waals surface area contributed by atoms with Gasteiger partial charge in [-0.2, -0.15) is 0 Å². The van der Waals surface area contributed by atoms with E-state index in [0.29, 0.717) is 17.5 Å². The molecule has 1 aromatic carbocycles. The summed E-state index contributed by atoms with van der Waals surface area (Å²) in [5.74, 6) is -0.467. The summed E-state index contributed by atoms with van der Waals surface area (Å²) >= 11 is 0. The summed E-state index contributed by atoms with van der Waals surface area (Å²) < 4.78 is 0. The second-order valence-electron chi connectivity index (χ2n) is 6.70. The molecule has 22 heavy (non-hydrogen) atoms. The van der Waals surface area contributed by atoms with Gasteiger partial charge in [0.25, 0.3) is 0 Å². The van der Waals surface area contributed by atoms with E-state index in [9.17, 15) is 9.90 Å². The standard InChI is InChI=1S/C18H25NO3/c20-17-6-2-1-4-15(17)16-5-3-11-19(16)12-13-7-9-14(10-8-13)18(21)22/h7-10,15-17,20H,1-6,11-12H2,(H,21,22). The van der Waals surface area contributed by atoms with Gasteiger partial charge in [0.05, 0.1) is 11.7 Å². The van der Waals surface area contributed by atoms with E-state index in [1.807, 2.05) is 12.1 Å². The van der Waals surface area contributed by atoms with Gasteiger partial charge in [0.15, 0.2) is 0 Å². The van der Waals surface area contributed by atoms with Crippen molar-refractivity contribution in [2.75, 3.05) is 6.54 Å². The van der Waals surface area contributed by atoms with Crippen molar-refractivity contribution in [1.82, 2.24) is 4.90 Å². The average molecular weight is 303 g/mol. The summed E-state index contributed by atoms with van der Waals surface area (Å²) in [7, 11) is 0. The highest BCUT2D eigenvalue weighted by Crippen LogP contribution is 2.35. The van der Waals surface area contributed by atoms with E-state index in [4.69, 9.17) is 5.11 Å². The number of aliphatic hydroxyl groups excluding tert-OH is 1. The van der Waals surface area contributed by atoms with Crippen LogP contribution in [-0.2, 0) is 6.54 Å². The van der Waals surface area contributed by atoms with Gasteiger partial charge in [0, 0.05) is 18.5 Å². The predicted octanol–water partition coefficient (Wildman–Crippen LogP) is 2.90. The van der Waals surface area contributed by atoms with Gasteiger partial charge in [0.2, 0.25) is 0 Å². The molecule has 1 aliphatic carbocycles. The van der Waals surface area contributed by atoms with Crippen LogP contribution in [0, 0.1) is 5.92 Å². The molecule has 4 heteroatoms. The van der Waals surface area contributed by atoms with Crippen LogP contribution in [0.25, 0.3) is 0 Å². The van der Waals surface area contributed by atoms with Gasteiger partial charge in [-0.15, -0.1) is 0 Å². The number of likely N-dealkylation sites (tertiary alicyclic amines) is 1. The second kappa shape index (κ2) is 6.80. The Morgan fingerprint density at radius 1 is 1.09 bits per heavy atom. The molecule has 3 unspecified atom stereocenters. The van der Waals surface area contributed by atoms with Crippen molar-refractivity contribution in [2.24, 2.45) is 5.92 Å². The summed E-state index contributed by atoms with van der Waals surface area (Å²) in [6, 6.07) is 7.66. The van der Waals surface area contributed by atoms with Crippen LogP contribution in [-0.4, -0.2) is 39.8 Å². The van der Waals surface area contributed by atoms with Gasteiger partial charge in [-0.1, -0.05) is 25.0 Å². The average Bonchev–Trinajstić information content (AvgIpc) is 2.96. The summed E-state index contributed by atoms with van der Waals surface area (Å²) in [5.41, 5.74) is 1.49. The third kappa shape index (κ3) is 3.33. The zero-order valence-electron chi connectivity index (χ0n) is 12.9. The first-order valence-electron chi connectivity index (χ1n) is 8.39. The molecule has 1 saturated heterocycles. The third-order valence-corrected chi connectivity index (χ3v) is 5.28. The fourth-order valence-electron chi connectivity index (χ4n) is 4.11. The van der Waals surface area contributed by atoms with Crippen molar-refractivity contribution in [1.29, 1.82) is 0 Å². The molecule has 2 fully saturated rings. The minimum absolute atomic E-state index is 0.145. The van der Waals surface area contributed by atoms with E-state index < -0.39 is 5.97 Å². The van der Waals surface area contributed by atoms with Crippen molar-refractivity contribution in [3.05, 3.63) is 35.4 Å². The molecular formula is C18H25NO3. The number of rotatable bonds is 4. The predicted molar refractivity (Wildman–Crippen MR) is 84.8 cm³/mol.